The third kappa shape index (κ3) is 12.2. The van der Waals surface area contributed by atoms with Gasteiger partial charge in [0, 0.05) is 83.0 Å². The van der Waals surface area contributed by atoms with Crippen molar-refractivity contribution in [1.82, 2.24) is 0 Å². The van der Waals surface area contributed by atoms with Crippen LogP contribution in [0.1, 0.15) is 96.1 Å². The summed E-state index contributed by atoms with van der Waals surface area (Å²) in [5, 5.41) is 43.0. The third-order valence-electron chi connectivity index (χ3n) is 10.3. The van der Waals surface area contributed by atoms with Gasteiger partial charge in [0.1, 0.15) is 6.54 Å². The molecule has 15 nitrogen and oxygen atoms in total. The van der Waals surface area contributed by atoms with Gasteiger partial charge < -0.3 is 15.1 Å². The van der Waals surface area contributed by atoms with Gasteiger partial charge in [-0.15, -0.1) is 8.67 Å². The Balaban J connectivity index is 1.70. The summed E-state index contributed by atoms with van der Waals surface area (Å²) >= 11 is 1.82. The van der Waals surface area contributed by atoms with Gasteiger partial charge in [-0.1, -0.05) is 41.1 Å². The highest BCUT2D eigenvalue weighted by atomic mass is 32.2. The maximum atomic E-state index is 12.3. The van der Waals surface area contributed by atoms with Gasteiger partial charge in [-0.3, -0.25) is 14.1 Å². The van der Waals surface area contributed by atoms with Crippen LogP contribution >= 0.6 is 24.1 Å². The van der Waals surface area contributed by atoms with Crippen molar-refractivity contribution in [2.45, 2.75) is 106 Å². The lowest BCUT2D eigenvalue weighted by atomic mass is 9.77. The number of hydrogen-bond donors (Lipinski definition) is 5. The Kier molecular flexibility index (Phi) is 17.4. The molecule has 0 amide bonds. The number of hydrogen-bond acceptors (Lipinski definition) is 13. The third-order valence-corrected chi connectivity index (χ3v) is 12.3. The lowest BCUT2D eigenvalue weighted by molar-refractivity contribution is -0.438. The smallest absolute Gasteiger partial charge is 0.303 e. The summed E-state index contributed by atoms with van der Waals surface area (Å²) in [5.74, 6) is -1.20. The number of unbranched alkanes of at least 4 members (excludes halogenated alkanes) is 4. The van der Waals surface area contributed by atoms with Gasteiger partial charge in [0.25, 0.3) is 10.1 Å². The zero-order valence-corrected chi connectivity index (χ0v) is 34.6. The molecule has 2 aliphatic rings. The largest absolute Gasteiger partial charge is 0.481 e. The molecule has 0 bridgehead atoms. The molecule has 2 heterocycles. The number of aliphatic carboxylic acids is 2. The Hall–Kier alpha value is -3.56. The van der Waals surface area contributed by atoms with E-state index >= 15 is 0 Å². The predicted octanol–water partition coefficient (Wildman–Crippen LogP) is 8.65. The zero-order valence-electron chi connectivity index (χ0n) is 32.2. The number of allylic oxidation sites excluding steroid dienone is 6. The molecule has 2 aromatic rings. The van der Waals surface area contributed by atoms with Crippen molar-refractivity contribution < 1.29 is 66.6 Å². The highest BCUT2D eigenvalue weighted by Gasteiger charge is 2.45. The summed E-state index contributed by atoms with van der Waals surface area (Å²) in [6.45, 7) is 7.43. The van der Waals surface area contributed by atoms with E-state index in [1.54, 1.807) is 6.07 Å². The van der Waals surface area contributed by atoms with Crippen LogP contribution in [0.5, 0.6) is 0 Å². The molecule has 0 spiro atoms. The molecular weight excluding hydrogens is 801 g/mol. The maximum absolute atomic E-state index is 12.3. The number of carbonyl (C=O) groups is 2. The van der Waals surface area contributed by atoms with Crippen LogP contribution in [0.4, 0.5) is 11.4 Å². The monoisotopic (exact) mass is 851 g/mol. The van der Waals surface area contributed by atoms with Crippen molar-refractivity contribution >= 4 is 63.2 Å². The summed E-state index contributed by atoms with van der Waals surface area (Å²) in [7, 11) is -4.50. The fraction of sp³-hybridized carbons (Fsp3) is 0.462. The number of carboxylic acid groups (broad SMARTS) is 2. The topological polar surface area (TPSA) is 213 Å². The predicted molar refractivity (Wildman–Crippen MR) is 216 cm³/mol. The summed E-state index contributed by atoms with van der Waals surface area (Å²) < 4.78 is 46.0. The molecular formula is C39H51N2O13S3+. The second kappa shape index (κ2) is 21.4. The summed E-state index contributed by atoms with van der Waals surface area (Å²) in [6, 6.07) is 10.4. The van der Waals surface area contributed by atoms with Crippen LogP contribution in [0.3, 0.4) is 0 Å². The lowest BCUT2D eigenvalue weighted by Crippen LogP contribution is -2.29. The fourth-order valence-corrected chi connectivity index (χ4v) is 8.81. The highest BCUT2D eigenvalue weighted by molar-refractivity contribution is 7.94. The molecule has 4 rings (SSSR count). The molecule has 57 heavy (non-hydrogen) atoms. The van der Waals surface area contributed by atoms with Crippen LogP contribution in [-0.4, -0.2) is 74.8 Å². The average molecular weight is 852 g/mol. The van der Waals surface area contributed by atoms with E-state index < -0.39 is 32.9 Å². The van der Waals surface area contributed by atoms with Crippen LogP contribution in [-0.2, 0) is 49.3 Å². The summed E-state index contributed by atoms with van der Waals surface area (Å²) in [4.78, 5) is 24.9. The van der Waals surface area contributed by atoms with Gasteiger partial charge in [-0.05, 0) is 94.8 Å². The number of nitrogens with zero attached hydrogens (tertiary/aromatic N) is 2. The summed E-state index contributed by atoms with van der Waals surface area (Å²) in [5.41, 5.74) is 4.34. The molecule has 0 aliphatic carbocycles. The van der Waals surface area contributed by atoms with Crippen LogP contribution in [0.25, 0.3) is 0 Å². The minimum atomic E-state index is -4.50. The van der Waals surface area contributed by atoms with Gasteiger partial charge in [-0.2, -0.15) is 13.0 Å². The van der Waals surface area contributed by atoms with E-state index in [-0.39, 0.29) is 17.7 Å². The van der Waals surface area contributed by atoms with E-state index in [9.17, 15) is 22.6 Å². The first-order valence-electron chi connectivity index (χ1n) is 18.6. The molecule has 0 saturated heterocycles. The standard InChI is InChI=1S/C39H50N2O13S3/c1-38(2)30-26-28(56-54-52-47)18-20-32(30)40(23-12-6-10-17-37(44)45)34(38)14-7-4-8-15-35-39(3,22-11-5-9-16-36(42)43)31-27-29(57(48,49)50)19-21-33(31)41(35)24-13-25-55-53-51-46/h4,7-8,14-15,18-21,26-27H,5-6,9-13,16-17,22-25H2,1-3H3,(H4-,42,43,44,45,46,47,48,49,50)/p+1. The SMILES string of the molecule is CC1(C)C(C=CC=CC=C2N(CCCSOOO)c3ccc(S(=O)(=O)O)cc3C2(C)CCCCCC(=O)O)=[N+](CCCCCC(=O)O)c2ccc(SOOO)cc21. The number of carboxylic acids is 2. The Morgan fingerprint density at radius 3 is 2.21 bits per heavy atom. The van der Waals surface area contributed by atoms with Gasteiger partial charge in [0.15, 0.2) is 5.71 Å². The Morgan fingerprint density at radius 2 is 1.54 bits per heavy atom. The van der Waals surface area contributed by atoms with Crippen molar-refractivity contribution in [3.8, 4) is 0 Å². The number of rotatable bonds is 25. The first kappa shape index (κ1) is 46.1. The first-order chi connectivity index (χ1) is 27.1. The molecule has 0 aromatic heterocycles. The Bertz CT molecular complexity index is 1960. The fourth-order valence-electron chi connectivity index (χ4n) is 7.55. The normalized spacial score (nSPS) is 18.4. The molecule has 312 valence electrons. The Labute approximate surface area is 341 Å². The lowest BCUT2D eigenvalue weighted by Gasteiger charge is -2.30. The van der Waals surface area contributed by atoms with E-state index in [2.05, 4.69) is 42.1 Å². The molecule has 2 aromatic carbocycles. The van der Waals surface area contributed by atoms with Crippen molar-refractivity contribution in [2.75, 3.05) is 23.7 Å². The summed E-state index contributed by atoms with van der Waals surface area (Å²) in [6.07, 6.45) is 15.1. The van der Waals surface area contributed by atoms with E-state index in [1.165, 1.54) is 12.1 Å². The number of benzene rings is 2. The van der Waals surface area contributed by atoms with E-state index in [4.69, 9.17) is 20.7 Å². The minimum absolute atomic E-state index is 0.0532. The molecule has 0 fully saturated rings. The van der Waals surface area contributed by atoms with Crippen LogP contribution in [0.2, 0.25) is 0 Å². The second-order valence-electron chi connectivity index (χ2n) is 14.5. The minimum Gasteiger partial charge on any atom is -0.481 e. The quantitative estimate of drug-likeness (QED) is 0.0120. The molecule has 1 unspecified atom stereocenters. The molecule has 5 N–H and O–H groups in total. The van der Waals surface area contributed by atoms with Gasteiger partial charge in [0.05, 0.1) is 22.4 Å². The van der Waals surface area contributed by atoms with Crippen LogP contribution in [0.15, 0.2) is 82.3 Å². The van der Waals surface area contributed by atoms with Gasteiger partial charge in [0.2, 0.25) is 5.69 Å². The van der Waals surface area contributed by atoms with Crippen molar-refractivity contribution in [3.63, 3.8) is 0 Å². The maximum Gasteiger partial charge on any atom is 0.303 e. The van der Waals surface area contributed by atoms with Crippen molar-refractivity contribution in [3.05, 3.63) is 83.6 Å². The molecule has 2 aliphatic heterocycles. The number of fused-ring (bicyclic) bond motifs is 2. The van der Waals surface area contributed by atoms with E-state index in [1.807, 2.05) is 55.5 Å². The van der Waals surface area contributed by atoms with Crippen LogP contribution < -0.4 is 4.90 Å². The van der Waals surface area contributed by atoms with Crippen molar-refractivity contribution in [1.29, 1.82) is 0 Å². The van der Waals surface area contributed by atoms with Crippen LogP contribution in [0, 0.1) is 0 Å². The zero-order chi connectivity index (χ0) is 41.6. The van der Waals surface area contributed by atoms with Gasteiger partial charge >= 0.3 is 11.9 Å². The van der Waals surface area contributed by atoms with Gasteiger partial charge in [-0.25, -0.2) is 10.5 Å². The number of anilines is 1. The van der Waals surface area contributed by atoms with Crippen molar-refractivity contribution in [2.24, 2.45) is 0 Å². The second-order valence-corrected chi connectivity index (χ2v) is 17.5. The van der Waals surface area contributed by atoms with E-state index in [0.29, 0.717) is 57.4 Å². The first-order valence-corrected chi connectivity index (χ1v) is 21.7. The Morgan fingerprint density at radius 1 is 0.842 bits per heavy atom. The van der Waals surface area contributed by atoms with E-state index in [0.717, 1.165) is 75.7 Å². The molecule has 18 heteroatoms. The molecule has 1 atom stereocenters. The average Bonchev–Trinajstić information content (AvgIpc) is 3.51. The molecule has 0 saturated carbocycles. The highest BCUT2D eigenvalue weighted by Crippen LogP contribution is 2.51. The molecule has 0 radical (unpaired) electrons.